The number of ether oxygens (including phenoxy) is 3. The van der Waals surface area contributed by atoms with Gasteiger partial charge in [0.05, 0.1) is 0 Å². The molecule has 0 bridgehead atoms. The Morgan fingerprint density at radius 1 is 0.328 bits per heavy atom. The van der Waals surface area contributed by atoms with Gasteiger partial charge in [-0.3, -0.25) is 14.4 Å². The normalized spacial score (nSPS) is 12.5. The van der Waals surface area contributed by atoms with Crippen molar-refractivity contribution in [1.82, 2.24) is 0 Å². The zero-order chi connectivity index (χ0) is 46.8. The topological polar surface area (TPSA) is 78.9 Å². The Labute approximate surface area is 399 Å². The monoisotopic (exact) mass is 905 g/mol. The van der Waals surface area contributed by atoms with E-state index < -0.39 is 6.10 Å². The van der Waals surface area contributed by atoms with Gasteiger partial charge >= 0.3 is 17.9 Å². The fourth-order valence-corrected chi connectivity index (χ4v) is 8.84. The number of esters is 3. The quantitative estimate of drug-likeness (QED) is 0.0344. The summed E-state index contributed by atoms with van der Waals surface area (Å²) in [6.45, 7) is 11.4. The molecule has 0 aromatic carbocycles. The summed E-state index contributed by atoms with van der Waals surface area (Å²) in [4.78, 5) is 38.1. The largest absolute Gasteiger partial charge is 0.462 e. The maximum atomic E-state index is 12.8. The van der Waals surface area contributed by atoms with Gasteiger partial charge < -0.3 is 14.2 Å². The van der Waals surface area contributed by atoms with Gasteiger partial charge in [0.1, 0.15) is 13.2 Å². The molecule has 0 radical (unpaired) electrons. The Hall–Kier alpha value is -1.59. The first-order chi connectivity index (χ1) is 31.3. The van der Waals surface area contributed by atoms with Crippen molar-refractivity contribution in [3.63, 3.8) is 0 Å². The van der Waals surface area contributed by atoms with E-state index in [4.69, 9.17) is 14.2 Å². The summed E-state index contributed by atoms with van der Waals surface area (Å²) in [5.74, 6) is 0.848. The van der Waals surface area contributed by atoms with Crippen LogP contribution in [0.3, 0.4) is 0 Å². The third-order valence-electron chi connectivity index (χ3n) is 13.6. The van der Waals surface area contributed by atoms with Crippen LogP contribution >= 0.6 is 0 Å². The molecule has 0 amide bonds. The van der Waals surface area contributed by atoms with Crippen molar-refractivity contribution in [2.75, 3.05) is 13.2 Å². The first kappa shape index (κ1) is 62.4. The minimum Gasteiger partial charge on any atom is -0.462 e. The maximum absolute atomic E-state index is 12.8. The third kappa shape index (κ3) is 49.8. The van der Waals surface area contributed by atoms with Crippen LogP contribution in [0.2, 0.25) is 0 Å². The zero-order valence-corrected chi connectivity index (χ0v) is 43.9. The first-order valence-corrected chi connectivity index (χ1v) is 28.8. The molecule has 2 atom stereocenters. The Bertz CT molecular complexity index is 980. The number of rotatable bonds is 52. The van der Waals surface area contributed by atoms with Crippen LogP contribution in [0.4, 0.5) is 0 Å². The van der Waals surface area contributed by atoms with E-state index >= 15 is 0 Å². The molecule has 64 heavy (non-hydrogen) atoms. The zero-order valence-electron chi connectivity index (χ0n) is 43.9. The summed E-state index contributed by atoms with van der Waals surface area (Å²) in [5.41, 5.74) is 0. The highest BCUT2D eigenvalue weighted by Gasteiger charge is 2.19. The summed E-state index contributed by atoms with van der Waals surface area (Å²) >= 11 is 0. The molecule has 0 aromatic rings. The van der Waals surface area contributed by atoms with Crippen LogP contribution in [0.5, 0.6) is 0 Å². The van der Waals surface area contributed by atoms with Crippen LogP contribution in [0, 0.1) is 11.8 Å². The number of unbranched alkanes of at least 4 members (excludes halogenated alkanes) is 36. The summed E-state index contributed by atoms with van der Waals surface area (Å²) in [5, 5.41) is 0. The molecule has 0 rings (SSSR count). The van der Waals surface area contributed by atoms with Crippen molar-refractivity contribution in [2.24, 2.45) is 11.8 Å². The van der Waals surface area contributed by atoms with E-state index in [2.05, 4.69) is 34.6 Å². The summed E-state index contributed by atoms with van der Waals surface area (Å²) in [6, 6.07) is 0. The number of carbonyl (C=O) groups is 3. The molecule has 6 nitrogen and oxygen atoms in total. The molecule has 0 heterocycles. The molecule has 0 saturated heterocycles. The van der Waals surface area contributed by atoms with Crippen LogP contribution in [0.1, 0.15) is 324 Å². The van der Waals surface area contributed by atoms with Crippen LogP contribution in [0.25, 0.3) is 0 Å². The molecule has 380 valence electrons. The smallest absolute Gasteiger partial charge is 0.306 e. The fraction of sp³-hybridized carbons (Fsp3) is 0.948. The van der Waals surface area contributed by atoms with Crippen molar-refractivity contribution < 1.29 is 28.6 Å². The van der Waals surface area contributed by atoms with Gasteiger partial charge in [0.25, 0.3) is 0 Å². The van der Waals surface area contributed by atoms with Gasteiger partial charge in [0, 0.05) is 19.3 Å². The van der Waals surface area contributed by atoms with Crippen LogP contribution in [0.15, 0.2) is 0 Å². The average molecular weight is 906 g/mol. The lowest BCUT2D eigenvalue weighted by Gasteiger charge is -2.18. The van der Waals surface area contributed by atoms with E-state index in [9.17, 15) is 14.4 Å². The highest BCUT2D eigenvalue weighted by atomic mass is 16.6. The average Bonchev–Trinajstić information content (AvgIpc) is 3.28. The lowest BCUT2D eigenvalue weighted by atomic mass is 9.99. The van der Waals surface area contributed by atoms with Crippen molar-refractivity contribution >= 4 is 17.9 Å². The molecule has 0 aliphatic heterocycles. The van der Waals surface area contributed by atoms with Gasteiger partial charge in [0.2, 0.25) is 0 Å². The molecule has 0 fully saturated rings. The number of carbonyl (C=O) groups excluding carboxylic acids is 3. The highest BCUT2D eigenvalue weighted by Crippen LogP contribution is 2.18. The molecule has 0 spiro atoms. The lowest BCUT2D eigenvalue weighted by Crippen LogP contribution is -2.30. The summed E-state index contributed by atoms with van der Waals surface area (Å²) < 4.78 is 16.9. The predicted octanol–water partition coefficient (Wildman–Crippen LogP) is 18.9. The second kappa shape index (κ2) is 50.8. The molecule has 0 aliphatic carbocycles. The van der Waals surface area contributed by atoms with Gasteiger partial charge in [-0.25, -0.2) is 0 Å². The third-order valence-corrected chi connectivity index (χ3v) is 13.6. The molecule has 1 unspecified atom stereocenters. The van der Waals surface area contributed by atoms with Crippen molar-refractivity contribution in [3.05, 3.63) is 0 Å². The molecule has 0 aliphatic rings. The lowest BCUT2D eigenvalue weighted by molar-refractivity contribution is -0.167. The SMILES string of the molecule is CCCCCCCCCCCCCCCCCCCC(=O)OC[C@H](COC(=O)CCCCCCCCCCCCCCCCC(C)C)OC(=O)CCCCCCCCCCC(C)CC. The predicted molar refractivity (Wildman–Crippen MR) is 275 cm³/mol. The molecular formula is C58H112O6. The second-order valence-corrected chi connectivity index (χ2v) is 20.6. The van der Waals surface area contributed by atoms with Gasteiger partial charge in [0.15, 0.2) is 6.10 Å². The Morgan fingerprint density at radius 2 is 0.594 bits per heavy atom. The number of hydrogen-bond donors (Lipinski definition) is 0. The van der Waals surface area contributed by atoms with Crippen molar-refractivity contribution in [3.8, 4) is 0 Å². The maximum Gasteiger partial charge on any atom is 0.306 e. The minimum absolute atomic E-state index is 0.0632. The first-order valence-electron chi connectivity index (χ1n) is 28.8. The summed E-state index contributed by atoms with van der Waals surface area (Å²) in [6.07, 6.45) is 53.7. The van der Waals surface area contributed by atoms with Crippen molar-refractivity contribution in [1.29, 1.82) is 0 Å². The standard InChI is InChI=1S/C58H112O6/c1-6-8-9-10-11-12-13-14-15-16-17-21-24-27-33-38-43-48-56(59)62-51-55(64-58(61)50-45-40-35-30-29-32-37-42-47-54(5)7-2)52-63-57(60)49-44-39-34-28-25-22-19-18-20-23-26-31-36-41-46-53(3)4/h53-55H,6-52H2,1-5H3/t54?,55-/m1/s1. The molecule has 0 saturated carbocycles. The van der Waals surface area contributed by atoms with Crippen molar-refractivity contribution in [2.45, 2.75) is 330 Å². The second-order valence-electron chi connectivity index (χ2n) is 20.6. The Morgan fingerprint density at radius 3 is 0.891 bits per heavy atom. The van der Waals surface area contributed by atoms with E-state index in [1.165, 1.54) is 212 Å². The minimum atomic E-state index is -0.763. The molecular weight excluding hydrogens is 793 g/mol. The van der Waals surface area contributed by atoms with Crippen LogP contribution < -0.4 is 0 Å². The van der Waals surface area contributed by atoms with E-state index in [-0.39, 0.29) is 31.1 Å². The molecule has 6 heteroatoms. The molecule has 0 aromatic heterocycles. The Kier molecular flexibility index (Phi) is 49.6. The van der Waals surface area contributed by atoms with E-state index in [0.717, 1.165) is 69.6 Å². The van der Waals surface area contributed by atoms with Gasteiger partial charge in [-0.05, 0) is 31.1 Å². The van der Waals surface area contributed by atoms with Gasteiger partial charge in [-0.15, -0.1) is 0 Å². The Balaban J connectivity index is 4.27. The van der Waals surface area contributed by atoms with E-state index in [1.54, 1.807) is 0 Å². The fourth-order valence-electron chi connectivity index (χ4n) is 8.84. The molecule has 0 N–H and O–H groups in total. The van der Waals surface area contributed by atoms with Gasteiger partial charge in [-0.1, -0.05) is 285 Å². The van der Waals surface area contributed by atoms with Crippen LogP contribution in [-0.4, -0.2) is 37.2 Å². The summed E-state index contributed by atoms with van der Waals surface area (Å²) in [7, 11) is 0. The van der Waals surface area contributed by atoms with E-state index in [0.29, 0.717) is 19.3 Å². The number of hydrogen-bond acceptors (Lipinski definition) is 6. The van der Waals surface area contributed by atoms with Gasteiger partial charge in [-0.2, -0.15) is 0 Å². The highest BCUT2D eigenvalue weighted by molar-refractivity contribution is 5.71. The van der Waals surface area contributed by atoms with E-state index in [1.807, 2.05) is 0 Å². The van der Waals surface area contributed by atoms with Crippen LogP contribution in [-0.2, 0) is 28.6 Å².